The third-order valence-corrected chi connectivity index (χ3v) is 9.25. The molecule has 3 saturated carbocycles. The molecule has 7 nitrogen and oxygen atoms in total. The number of carbonyl (C=O) groups excluding carboxylic acids is 2. The van der Waals surface area contributed by atoms with Gasteiger partial charge in [0, 0.05) is 19.1 Å². The highest BCUT2D eigenvalue weighted by Gasteiger charge is 2.68. The van der Waals surface area contributed by atoms with Crippen molar-refractivity contribution in [2.45, 2.75) is 76.6 Å². The molecule has 1 aromatic carbocycles. The predicted octanol–water partition coefficient (Wildman–Crippen LogP) is 3.34. The number of urea groups is 1. The minimum atomic E-state index is -0.503. The van der Waals surface area contributed by atoms with Crippen LogP contribution in [0.2, 0.25) is 0 Å². The van der Waals surface area contributed by atoms with Gasteiger partial charge in [0.25, 0.3) is 0 Å². The van der Waals surface area contributed by atoms with Gasteiger partial charge in [-0.3, -0.25) is 4.79 Å². The smallest absolute Gasteiger partial charge is 0.404 e. The Morgan fingerprint density at radius 2 is 2.03 bits per heavy atom. The molecule has 3 amide bonds. The van der Waals surface area contributed by atoms with Crippen LogP contribution in [0, 0.1) is 17.3 Å². The summed E-state index contributed by atoms with van der Waals surface area (Å²) in [6.45, 7) is 11.6. The summed E-state index contributed by atoms with van der Waals surface area (Å²) < 4.78 is 13.2. The molecule has 0 spiro atoms. The molecule has 2 aliphatic heterocycles. The van der Waals surface area contributed by atoms with E-state index >= 15 is 0 Å². The zero-order valence-corrected chi connectivity index (χ0v) is 21.2. The monoisotopic (exact) mass is 479 g/mol. The third kappa shape index (κ3) is 4.40. The molecule has 2 bridgehead atoms. The molecule has 35 heavy (non-hydrogen) atoms. The maximum atomic E-state index is 13.0. The number of hydrogen-bond donors (Lipinski definition) is 2. The Balaban J connectivity index is 1.26. The fourth-order valence-corrected chi connectivity index (χ4v) is 7.04. The van der Waals surface area contributed by atoms with Crippen LogP contribution >= 0.6 is 0 Å². The van der Waals surface area contributed by atoms with Crippen molar-refractivity contribution in [2.75, 3.05) is 13.1 Å². The van der Waals surface area contributed by atoms with Crippen molar-refractivity contribution < 1.29 is 18.9 Å². The lowest BCUT2D eigenvalue weighted by molar-refractivity contribution is -0.199. The quantitative estimate of drug-likeness (QED) is 0.465. The Morgan fingerprint density at radius 3 is 2.74 bits per heavy atom. The van der Waals surface area contributed by atoms with Gasteiger partial charge in [-0.2, -0.15) is 0 Å². The van der Waals surface area contributed by atoms with Gasteiger partial charge in [-0.1, -0.05) is 50.8 Å². The van der Waals surface area contributed by atoms with Crippen molar-refractivity contribution >= 4 is 19.1 Å². The zero-order chi connectivity index (χ0) is 24.8. The van der Waals surface area contributed by atoms with Crippen LogP contribution in [-0.4, -0.2) is 60.7 Å². The normalized spacial score (nSPS) is 33.5. The lowest BCUT2D eigenvalue weighted by Gasteiger charge is -2.64. The number of nitrogens with one attached hydrogen (secondary N) is 2. The van der Waals surface area contributed by atoms with E-state index in [-0.39, 0.29) is 41.0 Å². The summed E-state index contributed by atoms with van der Waals surface area (Å²) in [6.07, 6.45) is 6.03. The molecule has 6 atom stereocenters. The van der Waals surface area contributed by atoms with Crippen molar-refractivity contribution in [1.29, 1.82) is 0 Å². The maximum absolute atomic E-state index is 13.0. The number of likely N-dealkylation sites (tertiary alicyclic amines) is 1. The summed E-state index contributed by atoms with van der Waals surface area (Å²) in [4.78, 5) is 26.9. The highest BCUT2D eigenvalue weighted by Crippen LogP contribution is 2.65. The number of nitrogens with zero attached hydrogens (tertiary/aromatic N) is 1. The van der Waals surface area contributed by atoms with Crippen molar-refractivity contribution in [3.63, 3.8) is 0 Å². The fourth-order valence-electron chi connectivity index (χ4n) is 7.04. The van der Waals surface area contributed by atoms with E-state index in [1.54, 1.807) is 4.90 Å². The lowest BCUT2D eigenvalue weighted by atomic mass is 9.43. The van der Waals surface area contributed by atoms with E-state index in [9.17, 15) is 9.59 Å². The van der Waals surface area contributed by atoms with Crippen molar-refractivity contribution in [2.24, 2.45) is 17.3 Å². The first-order chi connectivity index (χ1) is 16.7. The molecule has 0 aromatic heterocycles. The van der Waals surface area contributed by atoms with E-state index in [0.29, 0.717) is 31.3 Å². The first-order valence-electron chi connectivity index (χ1n) is 13.1. The fraction of sp³-hybridized carbons (Fsp3) is 0.630. The second kappa shape index (κ2) is 9.28. The van der Waals surface area contributed by atoms with Crippen LogP contribution in [0.5, 0.6) is 0 Å². The summed E-state index contributed by atoms with van der Waals surface area (Å²) >= 11 is 0. The standard InChI is InChI=1S/C27H38BN3O4/c1-5-24(32)31-13-9-12-20(31)17-29-25(33)30-23(14-18-10-7-6-8-11-18)28-34-22-16-19-15-21(26(19,2)3)27(22,4)35-28/h5-8,10-11,19-23H,1,9,12-17H2,2-4H3,(H2,29,30,33)/t19-,20+,21-,22?,23-,27-/m0/s1. The molecule has 5 aliphatic rings. The number of rotatable bonds is 7. The van der Waals surface area contributed by atoms with Crippen LogP contribution in [-0.2, 0) is 20.5 Å². The zero-order valence-electron chi connectivity index (χ0n) is 21.2. The van der Waals surface area contributed by atoms with Crippen molar-refractivity contribution in [3.05, 3.63) is 48.6 Å². The molecule has 1 unspecified atom stereocenters. The lowest BCUT2D eigenvalue weighted by Crippen LogP contribution is -2.65. The van der Waals surface area contributed by atoms with Crippen LogP contribution in [0.4, 0.5) is 4.79 Å². The van der Waals surface area contributed by atoms with Gasteiger partial charge in [0.05, 0.1) is 17.6 Å². The first-order valence-corrected chi connectivity index (χ1v) is 13.1. The topological polar surface area (TPSA) is 79.9 Å². The van der Waals surface area contributed by atoms with E-state index in [1.165, 1.54) is 12.5 Å². The molecule has 6 rings (SSSR count). The summed E-state index contributed by atoms with van der Waals surface area (Å²) in [5.41, 5.74) is 1.05. The molecule has 188 valence electrons. The number of benzene rings is 1. The van der Waals surface area contributed by atoms with Gasteiger partial charge in [-0.15, -0.1) is 0 Å². The average molecular weight is 479 g/mol. The summed E-state index contributed by atoms with van der Waals surface area (Å²) in [5.74, 6) is 0.728. The molecule has 0 radical (unpaired) electrons. The predicted molar refractivity (Wildman–Crippen MR) is 136 cm³/mol. The van der Waals surface area contributed by atoms with Crippen molar-refractivity contribution in [1.82, 2.24) is 15.5 Å². The molecule has 2 N–H and O–H groups in total. The first kappa shape index (κ1) is 24.4. The molecule has 2 saturated heterocycles. The van der Waals surface area contributed by atoms with Gasteiger partial charge in [0.2, 0.25) is 5.91 Å². The molecule has 5 fully saturated rings. The minimum Gasteiger partial charge on any atom is -0.404 e. The Bertz CT molecular complexity index is 972. The average Bonchev–Trinajstić information content (AvgIpc) is 3.46. The van der Waals surface area contributed by atoms with E-state index in [4.69, 9.17) is 9.31 Å². The minimum absolute atomic E-state index is 0.00591. The van der Waals surface area contributed by atoms with E-state index in [0.717, 1.165) is 24.8 Å². The second-order valence-corrected chi connectivity index (χ2v) is 11.5. The van der Waals surface area contributed by atoms with Crippen LogP contribution in [0.1, 0.15) is 52.0 Å². The Labute approximate surface area is 209 Å². The highest BCUT2D eigenvalue weighted by molar-refractivity contribution is 6.48. The molecule has 2 heterocycles. The van der Waals surface area contributed by atoms with Gasteiger partial charge < -0.3 is 24.8 Å². The molecule has 8 heteroatoms. The van der Waals surface area contributed by atoms with Gasteiger partial charge in [0.1, 0.15) is 0 Å². The molecular weight excluding hydrogens is 441 g/mol. The summed E-state index contributed by atoms with van der Waals surface area (Å²) in [6, 6.07) is 9.86. The van der Waals surface area contributed by atoms with Crippen LogP contribution in [0.3, 0.4) is 0 Å². The van der Waals surface area contributed by atoms with Crippen molar-refractivity contribution in [3.8, 4) is 0 Å². The molecule has 3 aliphatic carbocycles. The Morgan fingerprint density at radius 1 is 1.26 bits per heavy atom. The summed E-state index contributed by atoms with van der Waals surface area (Å²) in [7, 11) is -0.503. The van der Waals surface area contributed by atoms with Crippen LogP contribution in [0.15, 0.2) is 43.0 Å². The third-order valence-electron chi connectivity index (χ3n) is 9.25. The van der Waals surface area contributed by atoms with Gasteiger partial charge in [0.15, 0.2) is 0 Å². The largest absolute Gasteiger partial charge is 0.482 e. The Kier molecular flexibility index (Phi) is 6.47. The van der Waals surface area contributed by atoms with Gasteiger partial charge in [-0.25, -0.2) is 4.79 Å². The SMILES string of the molecule is C=CC(=O)N1CCC[C@@H]1CNC(=O)N[C@@H](Cc1ccccc1)B1OC2C[C@@H]3C[C@@H](C3(C)C)[C@]2(C)O1. The van der Waals surface area contributed by atoms with E-state index in [1.807, 2.05) is 18.2 Å². The summed E-state index contributed by atoms with van der Waals surface area (Å²) in [5, 5.41) is 6.13. The molecule has 1 aromatic rings. The second-order valence-electron chi connectivity index (χ2n) is 11.5. The van der Waals surface area contributed by atoms with Gasteiger partial charge >= 0.3 is 13.1 Å². The van der Waals surface area contributed by atoms with Crippen LogP contribution < -0.4 is 10.6 Å². The van der Waals surface area contributed by atoms with E-state index in [2.05, 4.69) is 50.1 Å². The molecular formula is C27H38BN3O4. The number of amides is 3. The maximum Gasteiger partial charge on any atom is 0.482 e. The van der Waals surface area contributed by atoms with Crippen LogP contribution in [0.25, 0.3) is 0 Å². The Hall–Kier alpha value is -2.32. The van der Waals surface area contributed by atoms with Gasteiger partial charge in [-0.05, 0) is 67.9 Å². The highest BCUT2D eigenvalue weighted by atomic mass is 16.7. The number of hydrogen-bond acceptors (Lipinski definition) is 4. The van der Waals surface area contributed by atoms with E-state index < -0.39 is 7.12 Å². The number of carbonyl (C=O) groups is 2.